The molecular formula is C24H23F2NO2. The van der Waals surface area contributed by atoms with Crippen LogP contribution >= 0.6 is 0 Å². The molecule has 1 aliphatic heterocycles. The maximum Gasteiger partial charge on any atom is 0.229 e. The van der Waals surface area contributed by atoms with Crippen LogP contribution in [-0.4, -0.2) is 12.5 Å². The summed E-state index contributed by atoms with van der Waals surface area (Å²) in [5.74, 6) is 3.69. The fourth-order valence-electron chi connectivity index (χ4n) is 2.74. The van der Waals surface area contributed by atoms with Gasteiger partial charge in [-0.2, -0.15) is 0 Å². The molecule has 3 rings (SSSR count). The quantitative estimate of drug-likeness (QED) is 0.549. The lowest BCUT2D eigenvalue weighted by Gasteiger charge is -2.18. The molecule has 150 valence electrons. The van der Waals surface area contributed by atoms with Crippen molar-refractivity contribution in [1.29, 1.82) is 0 Å². The first-order valence-electron chi connectivity index (χ1n) is 9.45. The molecule has 1 atom stereocenters. The van der Waals surface area contributed by atoms with Gasteiger partial charge in [0.1, 0.15) is 11.9 Å². The number of amides is 1. The lowest BCUT2D eigenvalue weighted by molar-refractivity contribution is -0.123. The maximum absolute atomic E-state index is 14.3. The van der Waals surface area contributed by atoms with Gasteiger partial charge < -0.3 is 10.1 Å². The van der Waals surface area contributed by atoms with E-state index >= 15 is 0 Å². The fraction of sp³-hybridized carbons (Fsp3) is 0.292. The normalized spacial score (nSPS) is 16.1. The molecule has 0 saturated heterocycles. The van der Waals surface area contributed by atoms with Crippen molar-refractivity contribution >= 4 is 11.6 Å². The second-order valence-corrected chi connectivity index (χ2v) is 7.89. The molecule has 0 bridgehead atoms. The van der Waals surface area contributed by atoms with Gasteiger partial charge in [-0.05, 0) is 30.2 Å². The van der Waals surface area contributed by atoms with Crippen molar-refractivity contribution in [1.82, 2.24) is 0 Å². The summed E-state index contributed by atoms with van der Waals surface area (Å²) in [6.07, 6.45) is 4.96. The highest BCUT2D eigenvalue weighted by atomic mass is 19.1. The Morgan fingerprint density at radius 1 is 1.14 bits per heavy atom. The molecule has 0 radical (unpaired) electrons. The highest BCUT2D eigenvalue weighted by Crippen LogP contribution is 2.25. The molecule has 1 unspecified atom stereocenters. The van der Waals surface area contributed by atoms with Crippen molar-refractivity contribution in [2.45, 2.75) is 33.3 Å². The smallest absolute Gasteiger partial charge is 0.229 e. The summed E-state index contributed by atoms with van der Waals surface area (Å²) in [6, 6.07) is 9.34. The van der Waals surface area contributed by atoms with Gasteiger partial charge in [0, 0.05) is 17.0 Å². The third kappa shape index (κ3) is 5.30. The van der Waals surface area contributed by atoms with E-state index in [2.05, 4.69) is 23.2 Å². The largest absolute Gasteiger partial charge is 0.369 e. The van der Waals surface area contributed by atoms with Gasteiger partial charge in [-0.1, -0.05) is 56.9 Å². The Bertz CT molecular complexity index is 993. The highest BCUT2D eigenvalue weighted by Gasteiger charge is 2.23. The molecule has 0 aromatic heterocycles. The predicted octanol–water partition coefficient (Wildman–Crippen LogP) is 5.37. The van der Waals surface area contributed by atoms with Crippen LogP contribution < -0.4 is 5.32 Å². The molecule has 29 heavy (non-hydrogen) atoms. The average Bonchev–Trinajstić information content (AvgIpc) is 2.69. The minimum absolute atomic E-state index is 0.0673. The van der Waals surface area contributed by atoms with Crippen LogP contribution in [0.5, 0.6) is 0 Å². The fourth-order valence-corrected chi connectivity index (χ4v) is 2.74. The second kappa shape index (κ2) is 8.59. The number of hydrogen-bond donors (Lipinski definition) is 1. The Morgan fingerprint density at radius 3 is 2.48 bits per heavy atom. The van der Waals surface area contributed by atoms with Crippen molar-refractivity contribution in [3.63, 3.8) is 0 Å². The van der Waals surface area contributed by atoms with Gasteiger partial charge in [-0.15, -0.1) is 0 Å². The van der Waals surface area contributed by atoms with Gasteiger partial charge in [-0.25, -0.2) is 8.78 Å². The highest BCUT2D eigenvalue weighted by molar-refractivity contribution is 5.95. The Morgan fingerprint density at radius 2 is 1.86 bits per heavy atom. The Hall–Kier alpha value is -2.97. The zero-order valence-electron chi connectivity index (χ0n) is 16.7. The third-order valence-corrected chi connectivity index (χ3v) is 4.45. The zero-order chi connectivity index (χ0) is 21.0. The van der Waals surface area contributed by atoms with Crippen molar-refractivity contribution in [2.24, 2.45) is 5.41 Å². The van der Waals surface area contributed by atoms with Crippen LogP contribution in [0.2, 0.25) is 0 Å². The molecule has 0 saturated carbocycles. The number of rotatable bonds is 2. The number of halogens is 2. The number of carbonyl (C=O) groups excluding carboxylic acids is 1. The van der Waals surface area contributed by atoms with Crippen LogP contribution in [0.25, 0.3) is 0 Å². The van der Waals surface area contributed by atoms with Crippen molar-refractivity contribution in [2.75, 3.05) is 11.9 Å². The molecule has 2 aromatic rings. The summed E-state index contributed by atoms with van der Waals surface area (Å²) in [5.41, 5.74) is 0.948. The van der Waals surface area contributed by atoms with Crippen LogP contribution in [0.3, 0.4) is 0 Å². The van der Waals surface area contributed by atoms with E-state index in [0.717, 1.165) is 24.1 Å². The molecule has 1 heterocycles. The molecule has 1 N–H and O–H groups in total. The van der Waals surface area contributed by atoms with E-state index in [-0.39, 0.29) is 23.3 Å². The van der Waals surface area contributed by atoms with Gasteiger partial charge in [0.15, 0.2) is 5.82 Å². The second-order valence-electron chi connectivity index (χ2n) is 7.89. The molecule has 2 aromatic carbocycles. The molecular weight excluding hydrogens is 372 g/mol. The molecule has 0 fully saturated rings. The summed E-state index contributed by atoms with van der Waals surface area (Å²) in [5, 5.41) is 2.53. The Balaban J connectivity index is 1.87. The first kappa shape index (κ1) is 20.8. The molecule has 3 nitrogen and oxygen atoms in total. The predicted molar refractivity (Wildman–Crippen MR) is 109 cm³/mol. The van der Waals surface area contributed by atoms with Gasteiger partial charge >= 0.3 is 0 Å². The molecule has 0 aliphatic carbocycles. The van der Waals surface area contributed by atoms with Crippen LogP contribution in [0.4, 0.5) is 14.5 Å². The van der Waals surface area contributed by atoms with Crippen LogP contribution in [0.1, 0.15) is 50.0 Å². The molecule has 0 spiro atoms. The van der Waals surface area contributed by atoms with Gasteiger partial charge in [0.25, 0.3) is 0 Å². The zero-order valence-corrected chi connectivity index (χ0v) is 16.7. The first-order valence-corrected chi connectivity index (χ1v) is 9.45. The number of nitrogens with one attached hydrogen (secondary N) is 1. The van der Waals surface area contributed by atoms with Gasteiger partial charge in [0.2, 0.25) is 5.91 Å². The first-order chi connectivity index (χ1) is 13.7. The summed E-state index contributed by atoms with van der Waals surface area (Å²) in [7, 11) is 0. The number of benzene rings is 2. The van der Waals surface area contributed by atoms with Gasteiger partial charge in [-0.3, -0.25) is 4.79 Å². The number of anilines is 1. The minimum atomic E-state index is -0.858. The number of carbonyl (C=O) groups is 1. The summed E-state index contributed by atoms with van der Waals surface area (Å²) in [6.45, 7) is 5.82. The average molecular weight is 395 g/mol. The van der Waals surface area contributed by atoms with Crippen LogP contribution in [-0.2, 0) is 9.53 Å². The molecule has 5 heteroatoms. The van der Waals surface area contributed by atoms with Crippen molar-refractivity contribution in [3.8, 4) is 11.8 Å². The monoisotopic (exact) mass is 395 g/mol. The van der Waals surface area contributed by atoms with Crippen molar-refractivity contribution in [3.05, 3.63) is 76.9 Å². The third-order valence-electron chi connectivity index (χ3n) is 4.45. The summed E-state index contributed by atoms with van der Waals surface area (Å²) in [4.78, 5) is 12.2. The molecule has 1 amide bonds. The number of hydrogen-bond acceptors (Lipinski definition) is 2. The van der Waals surface area contributed by atoms with E-state index in [1.165, 1.54) is 0 Å². The van der Waals surface area contributed by atoms with Crippen molar-refractivity contribution < 1.29 is 18.3 Å². The Labute approximate surface area is 169 Å². The van der Waals surface area contributed by atoms with E-state index in [4.69, 9.17) is 4.74 Å². The topological polar surface area (TPSA) is 38.3 Å². The maximum atomic E-state index is 14.3. The standard InChI is InChI=1S/C24H23F2NO2/c1-24(2,3)23(28)27-22-18(14-19(25)15-20(22)26)12-9-16-7-10-17(11-8-16)21-6-4-5-13-29-21/h4,6-8,10-11,14-15,21H,5,13H2,1-3H3,(H,27,28). The van der Waals surface area contributed by atoms with Gasteiger partial charge in [0.05, 0.1) is 17.9 Å². The minimum Gasteiger partial charge on any atom is -0.369 e. The van der Waals surface area contributed by atoms with E-state index in [1.807, 2.05) is 30.3 Å². The lowest BCUT2D eigenvalue weighted by Crippen LogP contribution is -2.28. The van der Waals surface area contributed by atoms with Crippen LogP contribution in [0.15, 0.2) is 48.6 Å². The SMILES string of the molecule is CC(C)(C)C(=O)Nc1c(F)cc(F)cc1C#Cc1ccc(C2C=CCCO2)cc1. The lowest BCUT2D eigenvalue weighted by atomic mass is 9.95. The van der Waals surface area contributed by atoms with E-state index in [0.29, 0.717) is 12.2 Å². The van der Waals surface area contributed by atoms with E-state index in [1.54, 1.807) is 20.8 Å². The molecule has 1 aliphatic rings. The van der Waals surface area contributed by atoms with E-state index < -0.39 is 17.0 Å². The van der Waals surface area contributed by atoms with Crippen LogP contribution in [0, 0.1) is 28.9 Å². The Kier molecular flexibility index (Phi) is 6.14. The van der Waals surface area contributed by atoms with E-state index in [9.17, 15) is 13.6 Å². The summed E-state index contributed by atoms with van der Waals surface area (Å²) < 4.78 is 33.7. The summed E-state index contributed by atoms with van der Waals surface area (Å²) >= 11 is 0. The number of ether oxygens (including phenoxy) is 1.